The van der Waals surface area contributed by atoms with Gasteiger partial charge in [0.25, 0.3) is 0 Å². The third kappa shape index (κ3) is 7.16. The van der Waals surface area contributed by atoms with Gasteiger partial charge in [-0.2, -0.15) is 0 Å². The molecule has 0 radical (unpaired) electrons. The number of carboxylic acid groups (broad SMARTS) is 1. The van der Waals surface area contributed by atoms with Crippen LogP contribution in [-0.2, 0) is 20.7 Å². The Labute approximate surface area is 71.2 Å². The number of aliphatic carboxylic acids is 1. The largest absolute Gasteiger partial charge is 0.772 e. The van der Waals surface area contributed by atoms with E-state index in [1.165, 1.54) is 0 Å². The number of amides is 1. The van der Waals surface area contributed by atoms with Crippen molar-refractivity contribution in [2.24, 2.45) is 0 Å². The summed E-state index contributed by atoms with van der Waals surface area (Å²) >= 11 is -2.42. The first-order chi connectivity index (χ1) is 5.52. The highest BCUT2D eigenvalue weighted by Crippen LogP contribution is 1.78. The first-order valence-electron chi connectivity index (χ1n) is 3.06. The predicted molar refractivity (Wildman–Crippen MR) is 39.0 cm³/mol. The third-order valence-corrected chi connectivity index (χ3v) is 1.41. The quantitative estimate of drug-likeness (QED) is 0.515. The molecular formula is C5H8NO5S-. The smallest absolute Gasteiger partial charge is 0.305 e. The number of nitrogens with one attached hydrogen (secondary N) is 1. The van der Waals surface area contributed by atoms with Crippen molar-refractivity contribution >= 4 is 23.0 Å². The molecule has 0 aromatic rings. The van der Waals surface area contributed by atoms with Gasteiger partial charge in [-0.05, 0) is 11.1 Å². The van der Waals surface area contributed by atoms with E-state index in [4.69, 9.17) is 5.11 Å². The number of hydrogen-bond donors (Lipinski definition) is 2. The van der Waals surface area contributed by atoms with Gasteiger partial charge in [0.15, 0.2) is 0 Å². The molecule has 0 saturated heterocycles. The zero-order valence-corrected chi connectivity index (χ0v) is 6.93. The van der Waals surface area contributed by atoms with Crippen LogP contribution in [0, 0.1) is 0 Å². The van der Waals surface area contributed by atoms with Crippen molar-refractivity contribution < 1.29 is 23.5 Å². The van der Waals surface area contributed by atoms with E-state index in [1.807, 2.05) is 0 Å². The van der Waals surface area contributed by atoms with Crippen molar-refractivity contribution in [1.82, 2.24) is 5.32 Å². The maximum absolute atomic E-state index is 10.5. The fourth-order valence-corrected chi connectivity index (χ4v) is 0.783. The van der Waals surface area contributed by atoms with Gasteiger partial charge in [0.2, 0.25) is 5.91 Å². The molecule has 0 bridgehead atoms. The first kappa shape index (κ1) is 11.1. The van der Waals surface area contributed by atoms with Crippen molar-refractivity contribution in [3.63, 3.8) is 0 Å². The number of carbonyl (C=O) groups is 2. The molecule has 0 saturated carbocycles. The number of carboxylic acids is 1. The summed E-state index contributed by atoms with van der Waals surface area (Å²) in [5.41, 5.74) is 0. The Hall–Kier alpha value is -0.950. The molecule has 0 aliphatic carbocycles. The topological polar surface area (TPSA) is 107 Å². The second-order valence-corrected chi connectivity index (χ2v) is 2.84. The molecule has 6 nitrogen and oxygen atoms in total. The van der Waals surface area contributed by atoms with E-state index >= 15 is 0 Å². The maximum atomic E-state index is 10.5. The summed E-state index contributed by atoms with van der Waals surface area (Å²) in [6, 6.07) is 0. The van der Waals surface area contributed by atoms with Crippen molar-refractivity contribution in [2.75, 3.05) is 12.3 Å². The first-order valence-corrected chi connectivity index (χ1v) is 4.31. The Bertz CT molecular complexity index is 204. The average molecular weight is 194 g/mol. The molecule has 70 valence electrons. The van der Waals surface area contributed by atoms with E-state index in [0.29, 0.717) is 0 Å². The lowest BCUT2D eigenvalue weighted by Gasteiger charge is -2.04. The lowest BCUT2D eigenvalue weighted by molar-refractivity contribution is -0.136. The van der Waals surface area contributed by atoms with Crippen LogP contribution in [0.2, 0.25) is 0 Å². The predicted octanol–water partition coefficient (Wildman–Crippen LogP) is -1.54. The van der Waals surface area contributed by atoms with E-state index in [-0.39, 0.29) is 13.0 Å². The molecule has 12 heavy (non-hydrogen) atoms. The standard InChI is InChI=1S/C5H9NO5S/c7-4(3-12(10)11)6-2-1-5(8)9/h1-3H2,(H,6,7)(H,8,9)(H,10,11)/p-1. The molecule has 0 aromatic heterocycles. The van der Waals surface area contributed by atoms with E-state index in [0.717, 1.165) is 0 Å². The second-order valence-electron chi connectivity index (χ2n) is 1.94. The van der Waals surface area contributed by atoms with Crippen LogP contribution in [0.15, 0.2) is 0 Å². The minimum absolute atomic E-state index is 0.0502. The molecule has 0 rings (SSSR count). The Kier molecular flexibility index (Phi) is 5.22. The Morgan fingerprint density at radius 1 is 1.50 bits per heavy atom. The molecule has 2 N–H and O–H groups in total. The van der Waals surface area contributed by atoms with Crippen LogP contribution in [0.25, 0.3) is 0 Å². The zero-order chi connectivity index (χ0) is 9.56. The van der Waals surface area contributed by atoms with Gasteiger partial charge in [0.05, 0.1) is 12.2 Å². The van der Waals surface area contributed by atoms with E-state index in [2.05, 4.69) is 5.32 Å². The Balaban J connectivity index is 3.44. The minimum Gasteiger partial charge on any atom is -0.772 e. The fourth-order valence-electron chi connectivity index (χ4n) is 0.467. The summed E-state index contributed by atoms with van der Waals surface area (Å²) in [6.07, 6.45) is -0.211. The summed E-state index contributed by atoms with van der Waals surface area (Å²) in [6.45, 7) is -0.0502. The van der Waals surface area contributed by atoms with Crippen LogP contribution in [0.3, 0.4) is 0 Å². The van der Waals surface area contributed by atoms with Crippen LogP contribution in [-0.4, -0.2) is 38.0 Å². The summed E-state index contributed by atoms with van der Waals surface area (Å²) in [5, 5.41) is 10.3. The molecule has 0 spiro atoms. The van der Waals surface area contributed by atoms with Gasteiger partial charge in [-0.3, -0.25) is 13.8 Å². The normalized spacial score (nSPS) is 12.1. The summed E-state index contributed by atoms with van der Waals surface area (Å²) in [4.78, 5) is 20.5. The molecule has 1 unspecified atom stereocenters. The molecule has 7 heteroatoms. The third-order valence-electron chi connectivity index (χ3n) is 0.910. The van der Waals surface area contributed by atoms with Crippen molar-refractivity contribution in [3.05, 3.63) is 0 Å². The van der Waals surface area contributed by atoms with Crippen LogP contribution in [0.5, 0.6) is 0 Å². The second kappa shape index (κ2) is 5.67. The molecule has 0 aliphatic rings. The van der Waals surface area contributed by atoms with Crippen LogP contribution in [0.4, 0.5) is 0 Å². The SMILES string of the molecule is O=C(O)CCNC(=O)CS(=O)[O-]. The molecular weight excluding hydrogens is 186 g/mol. The van der Waals surface area contributed by atoms with Crippen molar-refractivity contribution in [3.8, 4) is 0 Å². The monoisotopic (exact) mass is 194 g/mol. The van der Waals surface area contributed by atoms with Gasteiger partial charge < -0.3 is 15.0 Å². The summed E-state index contributed by atoms with van der Waals surface area (Å²) in [5.74, 6) is -2.36. The Morgan fingerprint density at radius 2 is 2.08 bits per heavy atom. The fraction of sp³-hybridized carbons (Fsp3) is 0.600. The van der Waals surface area contributed by atoms with Gasteiger partial charge in [0, 0.05) is 6.54 Å². The van der Waals surface area contributed by atoms with Crippen LogP contribution in [0.1, 0.15) is 6.42 Å². The van der Waals surface area contributed by atoms with Gasteiger partial charge in [0.1, 0.15) is 0 Å². The molecule has 1 atom stereocenters. The Morgan fingerprint density at radius 3 is 2.50 bits per heavy atom. The van der Waals surface area contributed by atoms with Gasteiger partial charge in [-0.1, -0.05) is 0 Å². The van der Waals surface area contributed by atoms with Crippen molar-refractivity contribution in [1.29, 1.82) is 0 Å². The van der Waals surface area contributed by atoms with Gasteiger partial charge in [-0.25, -0.2) is 0 Å². The number of hydrogen-bond acceptors (Lipinski definition) is 4. The van der Waals surface area contributed by atoms with Gasteiger partial charge in [-0.15, -0.1) is 0 Å². The highest BCUT2D eigenvalue weighted by Gasteiger charge is 2.01. The van der Waals surface area contributed by atoms with Crippen LogP contribution < -0.4 is 5.32 Å². The summed E-state index contributed by atoms with van der Waals surface area (Å²) < 4.78 is 19.9. The van der Waals surface area contributed by atoms with Crippen molar-refractivity contribution in [2.45, 2.75) is 6.42 Å². The highest BCUT2D eigenvalue weighted by molar-refractivity contribution is 7.79. The zero-order valence-electron chi connectivity index (χ0n) is 6.11. The molecule has 0 aliphatic heterocycles. The highest BCUT2D eigenvalue weighted by atomic mass is 32.2. The average Bonchev–Trinajstić information content (AvgIpc) is 1.84. The van der Waals surface area contributed by atoms with E-state index in [9.17, 15) is 18.4 Å². The molecule has 0 heterocycles. The van der Waals surface area contributed by atoms with E-state index < -0.39 is 28.7 Å². The molecule has 0 fully saturated rings. The lowest BCUT2D eigenvalue weighted by atomic mass is 10.4. The number of carbonyl (C=O) groups excluding carboxylic acids is 1. The van der Waals surface area contributed by atoms with Crippen LogP contribution >= 0.6 is 0 Å². The minimum atomic E-state index is -2.42. The number of rotatable bonds is 5. The van der Waals surface area contributed by atoms with E-state index in [1.54, 1.807) is 0 Å². The molecule has 0 aromatic carbocycles. The molecule has 1 amide bonds. The van der Waals surface area contributed by atoms with Gasteiger partial charge >= 0.3 is 5.97 Å². The maximum Gasteiger partial charge on any atom is 0.305 e. The summed E-state index contributed by atoms with van der Waals surface area (Å²) in [7, 11) is 0. The lowest BCUT2D eigenvalue weighted by Crippen LogP contribution is -2.30.